The third-order valence-electron chi connectivity index (χ3n) is 3.24. The van der Waals surface area contributed by atoms with Crippen LogP contribution < -0.4 is 5.32 Å². The van der Waals surface area contributed by atoms with Crippen molar-refractivity contribution < 1.29 is 9.47 Å². The summed E-state index contributed by atoms with van der Waals surface area (Å²) < 4.78 is 11.6. The molecule has 0 aliphatic carbocycles. The molecule has 0 saturated heterocycles. The van der Waals surface area contributed by atoms with E-state index >= 15 is 0 Å². The van der Waals surface area contributed by atoms with E-state index in [9.17, 15) is 0 Å². The van der Waals surface area contributed by atoms with E-state index in [0.717, 1.165) is 30.6 Å². The van der Waals surface area contributed by atoms with Crippen LogP contribution in [0.4, 0.5) is 0 Å². The number of hydrogen-bond donors (Lipinski definition) is 1. The van der Waals surface area contributed by atoms with E-state index in [1.807, 2.05) is 6.07 Å². The van der Waals surface area contributed by atoms with Crippen molar-refractivity contribution in [2.75, 3.05) is 33.9 Å². The molecule has 3 nitrogen and oxygen atoms in total. The first-order valence-electron chi connectivity index (χ1n) is 6.66. The van der Waals surface area contributed by atoms with Gasteiger partial charge in [0.05, 0.1) is 12.7 Å². The molecule has 108 valence electrons. The van der Waals surface area contributed by atoms with Gasteiger partial charge in [0, 0.05) is 31.8 Å². The molecule has 0 heterocycles. The second-order valence-electron chi connectivity index (χ2n) is 4.70. The number of benzene rings is 1. The zero-order valence-electron chi connectivity index (χ0n) is 12.0. The Balaban J connectivity index is 2.66. The Labute approximate surface area is 124 Å². The molecule has 1 rings (SSSR count). The number of methoxy groups -OCH3 is 2. The van der Waals surface area contributed by atoms with Crippen molar-refractivity contribution in [3.8, 4) is 0 Å². The van der Waals surface area contributed by atoms with Gasteiger partial charge in [-0.3, -0.25) is 0 Å². The Kier molecular flexibility index (Phi) is 8.30. The van der Waals surface area contributed by atoms with E-state index in [0.29, 0.717) is 5.92 Å². The fourth-order valence-electron chi connectivity index (χ4n) is 2.07. The van der Waals surface area contributed by atoms with Gasteiger partial charge in [-0.1, -0.05) is 34.1 Å². The van der Waals surface area contributed by atoms with Crippen molar-refractivity contribution in [1.29, 1.82) is 0 Å². The van der Waals surface area contributed by atoms with Gasteiger partial charge in [0.25, 0.3) is 0 Å². The van der Waals surface area contributed by atoms with Crippen molar-refractivity contribution in [2.24, 2.45) is 0 Å². The molecule has 2 unspecified atom stereocenters. The summed E-state index contributed by atoms with van der Waals surface area (Å²) in [4.78, 5) is 0. The Morgan fingerprint density at radius 3 is 2.63 bits per heavy atom. The second-order valence-corrected chi connectivity index (χ2v) is 5.55. The molecule has 0 aliphatic rings. The summed E-state index contributed by atoms with van der Waals surface area (Å²) in [5.41, 5.74) is 1.33. The minimum Gasteiger partial charge on any atom is -0.383 e. The highest BCUT2D eigenvalue weighted by Crippen LogP contribution is 2.28. The zero-order valence-corrected chi connectivity index (χ0v) is 13.6. The Morgan fingerprint density at radius 1 is 1.26 bits per heavy atom. The summed E-state index contributed by atoms with van der Waals surface area (Å²) in [5, 5.41) is 3.44. The van der Waals surface area contributed by atoms with Crippen LogP contribution in [0, 0.1) is 0 Å². The molecule has 1 aromatic carbocycles. The quantitative estimate of drug-likeness (QED) is 0.706. The molecular weight excluding hydrogens is 306 g/mol. The largest absolute Gasteiger partial charge is 0.383 e. The average molecular weight is 330 g/mol. The number of hydrogen-bond acceptors (Lipinski definition) is 3. The third kappa shape index (κ3) is 6.04. The Morgan fingerprint density at radius 2 is 2.00 bits per heavy atom. The SMILES string of the molecule is COCCNCC(CC(C)OC)c1ccccc1Br. The van der Waals surface area contributed by atoms with E-state index in [1.54, 1.807) is 14.2 Å². The average Bonchev–Trinajstić information content (AvgIpc) is 2.42. The molecule has 0 amide bonds. The number of nitrogens with one attached hydrogen (secondary N) is 1. The first kappa shape index (κ1) is 16.6. The normalized spacial score (nSPS) is 14.3. The molecular formula is C15H24BrNO2. The summed E-state index contributed by atoms with van der Waals surface area (Å²) in [6, 6.07) is 8.40. The van der Waals surface area contributed by atoms with Crippen LogP contribution in [-0.4, -0.2) is 40.0 Å². The zero-order chi connectivity index (χ0) is 14.1. The molecule has 0 aliphatic heterocycles. The van der Waals surface area contributed by atoms with Gasteiger partial charge < -0.3 is 14.8 Å². The summed E-state index contributed by atoms with van der Waals surface area (Å²) >= 11 is 3.64. The molecule has 4 heteroatoms. The molecule has 1 aromatic rings. The molecule has 0 bridgehead atoms. The molecule has 0 fully saturated rings. The van der Waals surface area contributed by atoms with Gasteiger partial charge in [-0.15, -0.1) is 0 Å². The lowest BCUT2D eigenvalue weighted by Gasteiger charge is -2.22. The molecule has 19 heavy (non-hydrogen) atoms. The van der Waals surface area contributed by atoms with Gasteiger partial charge in [-0.2, -0.15) is 0 Å². The van der Waals surface area contributed by atoms with Crippen LogP contribution in [-0.2, 0) is 9.47 Å². The summed E-state index contributed by atoms with van der Waals surface area (Å²) in [6.45, 7) is 4.65. The van der Waals surface area contributed by atoms with Crippen LogP contribution in [0.25, 0.3) is 0 Å². The number of rotatable bonds is 9. The Hall–Kier alpha value is -0.420. The highest BCUT2D eigenvalue weighted by molar-refractivity contribution is 9.10. The van der Waals surface area contributed by atoms with Crippen molar-refractivity contribution >= 4 is 15.9 Å². The highest BCUT2D eigenvalue weighted by atomic mass is 79.9. The minimum atomic E-state index is 0.251. The summed E-state index contributed by atoms with van der Waals surface area (Å²) in [7, 11) is 3.49. The predicted octanol–water partition coefficient (Wildman–Crippen LogP) is 3.19. The van der Waals surface area contributed by atoms with Gasteiger partial charge in [0.15, 0.2) is 0 Å². The molecule has 2 atom stereocenters. The van der Waals surface area contributed by atoms with Crippen LogP contribution in [0.5, 0.6) is 0 Å². The van der Waals surface area contributed by atoms with E-state index in [-0.39, 0.29) is 6.10 Å². The van der Waals surface area contributed by atoms with Crippen molar-refractivity contribution in [3.05, 3.63) is 34.3 Å². The molecule has 0 saturated carbocycles. The summed E-state index contributed by atoms with van der Waals surface area (Å²) in [6.07, 6.45) is 1.25. The molecule has 0 radical (unpaired) electrons. The van der Waals surface area contributed by atoms with Crippen molar-refractivity contribution in [3.63, 3.8) is 0 Å². The topological polar surface area (TPSA) is 30.5 Å². The maximum Gasteiger partial charge on any atom is 0.0587 e. The van der Waals surface area contributed by atoms with Crippen LogP contribution in [0.15, 0.2) is 28.7 Å². The van der Waals surface area contributed by atoms with Crippen LogP contribution in [0.3, 0.4) is 0 Å². The lowest BCUT2D eigenvalue weighted by atomic mass is 9.93. The lowest BCUT2D eigenvalue weighted by Crippen LogP contribution is -2.27. The van der Waals surface area contributed by atoms with Crippen LogP contribution >= 0.6 is 15.9 Å². The van der Waals surface area contributed by atoms with E-state index in [4.69, 9.17) is 9.47 Å². The standard InChI is InChI=1S/C15H24BrNO2/c1-12(19-3)10-13(11-17-8-9-18-2)14-6-4-5-7-15(14)16/h4-7,12-13,17H,8-11H2,1-3H3. The first-order chi connectivity index (χ1) is 9.19. The smallest absolute Gasteiger partial charge is 0.0587 e. The third-order valence-corrected chi connectivity index (χ3v) is 3.96. The maximum absolute atomic E-state index is 5.40. The van der Waals surface area contributed by atoms with Gasteiger partial charge in [-0.25, -0.2) is 0 Å². The van der Waals surface area contributed by atoms with Crippen LogP contribution in [0.1, 0.15) is 24.8 Å². The maximum atomic E-state index is 5.40. The van der Waals surface area contributed by atoms with Gasteiger partial charge in [-0.05, 0) is 30.9 Å². The number of ether oxygens (including phenoxy) is 2. The number of halogens is 1. The molecule has 0 spiro atoms. The van der Waals surface area contributed by atoms with E-state index < -0.39 is 0 Å². The fourth-order valence-corrected chi connectivity index (χ4v) is 2.68. The highest BCUT2D eigenvalue weighted by Gasteiger charge is 2.17. The van der Waals surface area contributed by atoms with E-state index in [2.05, 4.69) is 46.4 Å². The first-order valence-corrected chi connectivity index (χ1v) is 7.45. The summed E-state index contributed by atoms with van der Waals surface area (Å²) in [5.74, 6) is 0.433. The van der Waals surface area contributed by atoms with Gasteiger partial charge >= 0.3 is 0 Å². The van der Waals surface area contributed by atoms with Crippen molar-refractivity contribution in [2.45, 2.75) is 25.4 Å². The van der Waals surface area contributed by atoms with Gasteiger partial charge in [0.1, 0.15) is 0 Å². The minimum absolute atomic E-state index is 0.251. The fraction of sp³-hybridized carbons (Fsp3) is 0.600. The molecule has 0 aromatic heterocycles. The monoisotopic (exact) mass is 329 g/mol. The van der Waals surface area contributed by atoms with E-state index in [1.165, 1.54) is 5.56 Å². The molecule has 1 N–H and O–H groups in total. The van der Waals surface area contributed by atoms with Crippen molar-refractivity contribution in [1.82, 2.24) is 5.32 Å². The Bertz CT molecular complexity index is 360. The lowest BCUT2D eigenvalue weighted by molar-refractivity contribution is 0.103. The van der Waals surface area contributed by atoms with Crippen LogP contribution in [0.2, 0.25) is 0 Å². The predicted molar refractivity (Wildman–Crippen MR) is 82.7 cm³/mol. The second kappa shape index (κ2) is 9.48. The van der Waals surface area contributed by atoms with Gasteiger partial charge in [0.2, 0.25) is 0 Å².